The predicted molar refractivity (Wildman–Crippen MR) is 74.9 cm³/mol. The highest BCUT2D eigenvalue weighted by atomic mass is 35.5. The van der Waals surface area contributed by atoms with Gasteiger partial charge in [0.05, 0.1) is 28.8 Å². The van der Waals surface area contributed by atoms with Crippen LogP contribution in [0.25, 0.3) is 0 Å². The van der Waals surface area contributed by atoms with E-state index >= 15 is 0 Å². The summed E-state index contributed by atoms with van der Waals surface area (Å²) in [5.74, 6) is -2.21. The van der Waals surface area contributed by atoms with E-state index in [2.05, 4.69) is 5.32 Å². The standard InChI is InChI=1S/C15H9ClF2N2O/c16-11-5-4-9(8-19)6-14(11)20-15(21)7-10-12(17)2-1-3-13(10)18/h1-6H,7H2,(H,20,21). The van der Waals surface area contributed by atoms with Gasteiger partial charge < -0.3 is 5.32 Å². The first kappa shape index (κ1) is 14.9. The molecule has 0 unspecified atom stereocenters. The number of nitrogens with zero attached hydrogens (tertiary/aromatic N) is 1. The van der Waals surface area contributed by atoms with Crippen molar-refractivity contribution < 1.29 is 13.6 Å². The zero-order valence-corrected chi connectivity index (χ0v) is 11.4. The summed E-state index contributed by atoms with van der Waals surface area (Å²) in [4.78, 5) is 11.9. The smallest absolute Gasteiger partial charge is 0.229 e. The normalized spacial score (nSPS) is 10.0. The van der Waals surface area contributed by atoms with Crippen molar-refractivity contribution in [2.75, 3.05) is 5.32 Å². The summed E-state index contributed by atoms with van der Waals surface area (Å²) in [7, 11) is 0. The fourth-order valence-electron chi connectivity index (χ4n) is 1.75. The summed E-state index contributed by atoms with van der Waals surface area (Å²) in [6, 6.07) is 9.62. The molecule has 6 heteroatoms. The van der Waals surface area contributed by atoms with Gasteiger partial charge in [-0.15, -0.1) is 0 Å². The zero-order chi connectivity index (χ0) is 15.4. The number of hydrogen-bond donors (Lipinski definition) is 1. The summed E-state index contributed by atoms with van der Waals surface area (Å²) in [5, 5.41) is 11.5. The molecular formula is C15H9ClF2N2O. The van der Waals surface area contributed by atoms with Crippen molar-refractivity contribution in [3.63, 3.8) is 0 Å². The van der Waals surface area contributed by atoms with Crippen LogP contribution in [0.3, 0.4) is 0 Å². The minimum absolute atomic E-state index is 0.220. The maximum absolute atomic E-state index is 13.5. The van der Waals surface area contributed by atoms with Gasteiger partial charge in [0.25, 0.3) is 0 Å². The maximum Gasteiger partial charge on any atom is 0.229 e. The number of amides is 1. The van der Waals surface area contributed by atoms with E-state index in [1.807, 2.05) is 6.07 Å². The van der Waals surface area contributed by atoms with Gasteiger partial charge in [-0.1, -0.05) is 17.7 Å². The van der Waals surface area contributed by atoms with Crippen LogP contribution in [0.5, 0.6) is 0 Å². The first-order chi connectivity index (χ1) is 10.0. The molecule has 0 aliphatic rings. The molecule has 0 heterocycles. The number of hydrogen-bond acceptors (Lipinski definition) is 2. The quantitative estimate of drug-likeness (QED) is 0.940. The second kappa shape index (κ2) is 6.33. The molecule has 3 nitrogen and oxygen atoms in total. The Kier molecular flexibility index (Phi) is 4.51. The van der Waals surface area contributed by atoms with E-state index in [1.165, 1.54) is 24.3 Å². The molecule has 21 heavy (non-hydrogen) atoms. The molecule has 0 atom stereocenters. The van der Waals surface area contributed by atoms with Gasteiger partial charge >= 0.3 is 0 Å². The Morgan fingerprint density at radius 1 is 1.24 bits per heavy atom. The van der Waals surface area contributed by atoms with Gasteiger partial charge in [-0.05, 0) is 30.3 Å². The van der Waals surface area contributed by atoms with Crippen LogP contribution in [0.4, 0.5) is 14.5 Å². The van der Waals surface area contributed by atoms with Crippen molar-refractivity contribution >= 4 is 23.2 Å². The highest BCUT2D eigenvalue weighted by Gasteiger charge is 2.14. The first-order valence-corrected chi connectivity index (χ1v) is 6.31. The van der Waals surface area contributed by atoms with Crippen molar-refractivity contribution in [2.24, 2.45) is 0 Å². The van der Waals surface area contributed by atoms with Crippen LogP contribution in [-0.4, -0.2) is 5.91 Å². The molecule has 106 valence electrons. The Balaban J connectivity index is 2.18. The van der Waals surface area contributed by atoms with Crippen molar-refractivity contribution in [3.05, 3.63) is 64.2 Å². The number of benzene rings is 2. The van der Waals surface area contributed by atoms with E-state index in [0.29, 0.717) is 5.56 Å². The lowest BCUT2D eigenvalue weighted by Crippen LogP contribution is -2.16. The highest BCUT2D eigenvalue weighted by molar-refractivity contribution is 6.33. The second-order valence-electron chi connectivity index (χ2n) is 4.23. The molecule has 0 aromatic heterocycles. The van der Waals surface area contributed by atoms with E-state index in [0.717, 1.165) is 12.1 Å². The Bertz CT molecular complexity index is 721. The molecule has 2 aromatic carbocycles. The van der Waals surface area contributed by atoms with Crippen LogP contribution < -0.4 is 5.32 Å². The zero-order valence-electron chi connectivity index (χ0n) is 10.7. The average Bonchev–Trinajstić information content (AvgIpc) is 2.45. The molecule has 1 N–H and O–H groups in total. The molecule has 2 aromatic rings. The summed E-state index contributed by atoms with van der Waals surface area (Å²) in [6.45, 7) is 0. The molecule has 0 saturated heterocycles. The average molecular weight is 307 g/mol. The summed E-state index contributed by atoms with van der Waals surface area (Å²) in [5.41, 5.74) is 0.215. The van der Waals surface area contributed by atoms with Crippen molar-refractivity contribution in [3.8, 4) is 6.07 Å². The highest BCUT2D eigenvalue weighted by Crippen LogP contribution is 2.23. The van der Waals surface area contributed by atoms with Crippen molar-refractivity contribution in [2.45, 2.75) is 6.42 Å². The number of nitrogens with one attached hydrogen (secondary N) is 1. The number of rotatable bonds is 3. The molecule has 0 saturated carbocycles. The fourth-order valence-corrected chi connectivity index (χ4v) is 1.91. The van der Waals surface area contributed by atoms with Crippen LogP contribution in [0.1, 0.15) is 11.1 Å². The Hall–Kier alpha value is -2.45. The van der Waals surface area contributed by atoms with Crippen molar-refractivity contribution in [1.82, 2.24) is 0 Å². The summed E-state index contributed by atoms with van der Waals surface area (Å²) >= 11 is 5.89. The lowest BCUT2D eigenvalue weighted by Gasteiger charge is -2.08. The number of anilines is 1. The lowest BCUT2D eigenvalue weighted by molar-refractivity contribution is -0.115. The van der Waals surface area contributed by atoms with Crippen LogP contribution in [0.15, 0.2) is 36.4 Å². The van der Waals surface area contributed by atoms with E-state index in [1.54, 1.807) is 0 Å². The first-order valence-electron chi connectivity index (χ1n) is 5.93. The van der Waals surface area contributed by atoms with E-state index in [4.69, 9.17) is 16.9 Å². The largest absolute Gasteiger partial charge is 0.324 e. The fraction of sp³-hybridized carbons (Fsp3) is 0.0667. The van der Waals surface area contributed by atoms with Crippen LogP contribution in [0.2, 0.25) is 5.02 Å². The summed E-state index contributed by atoms with van der Waals surface area (Å²) < 4.78 is 26.9. The predicted octanol–water partition coefficient (Wildman–Crippen LogP) is 3.67. The molecular weight excluding hydrogens is 298 g/mol. The Morgan fingerprint density at radius 3 is 2.52 bits per heavy atom. The monoisotopic (exact) mass is 306 g/mol. The molecule has 0 radical (unpaired) electrons. The third kappa shape index (κ3) is 3.56. The molecule has 0 spiro atoms. The van der Waals surface area contributed by atoms with E-state index < -0.39 is 24.0 Å². The Labute approximate surface area is 124 Å². The van der Waals surface area contributed by atoms with Crippen molar-refractivity contribution in [1.29, 1.82) is 5.26 Å². The molecule has 0 fully saturated rings. The SMILES string of the molecule is N#Cc1ccc(Cl)c(NC(=O)Cc2c(F)cccc2F)c1. The Morgan fingerprint density at radius 2 is 1.90 bits per heavy atom. The van der Waals surface area contributed by atoms with Gasteiger partial charge in [0.1, 0.15) is 11.6 Å². The number of carbonyl (C=O) groups excluding carboxylic acids is 1. The molecule has 0 bridgehead atoms. The van der Waals surface area contributed by atoms with Gasteiger partial charge in [0.2, 0.25) is 5.91 Å². The number of nitriles is 1. The van der Waals surface area contributed by atoms with Gasteiger partial charge in [-0.25, -0.2) is 8.78 Å². The van der Waals surface area contributed by atoms with Gasteiger partial charge in [0, 0.05) is 5.56 Å². The van der Waals surface area contributed by atoms with E-state index in [9.17, 15) is 13.6 Å². The van der Waals surface area contributed by atoms with Gasteiger partial charge in [0.15, 0.2) is 0 Å². The third-order valence-corrected chi connectivity index (χ3v) is 3.10. The van der Waals surface area contributed by atoms with E-state index in [-0.39, 0.29) is 16.3 Å². The summed E-state index contributed by atoms with van der Waals surface area (Å²) in [6.07, 6.45) is -0.467. The third-order valence-electron chi connectivity index (χ3n) is 2.77. The van der Waals surface area contributed by atoms with Crippen LogP contribution in [-0.2, 0) is 11.2 Å². The maximum atomic E-state index is 13.5. The topological polar surface area (TPSA) is 52.9 Å². The minimum atomic E-state index is -0.790. The minimum Gasteiger partial charge on any atom is -0.324 e. The molecule has 2 rings (SSSR count). The number of halogens is 3. The van der Waals surface area contributed by atoms with Gasteiger partial charge in [-0.3, -0.25) is 4.79 Å². The van der Waals surface area contributed by atoms with Gasteiger partial charge in [-0.2, -0.15) is 5.26 Å². The lowest BCUT2D eigenvalue weighted by atomic mass is 10.1. The number of carbonyl (C=O) groups is 1. The van der Waals surface area contributed by atoms with Crippen LogP contribution >= 0.6 is 11.6 Å². The second-order valence-corrected chi connectivity index (χ2v) is 4.64. The molecule has 0 aliphatic heterocycles. The van der Waals surface area contributed by atoms with Crippen LogP contribution in [0, 0.1) is 23.0 Å². The molecule has 0 aliphatic carbocycles. The molecule has 1 amide bonds.